The molecule has 4 nitrogen and oxygen atoms in total. The number of piperidine rings is 1. The molecule has 18 heavy (non-hydrogen) atoms. The Kier molecular flexibility index (Phi) is 3.43. The van der Waals surface area contributed by atoms with E-state index in [0.29, 0.717) is 6.04 Å². The Bertz CT molecular complexity index is 531. The van der Waals surface area contributed by atoms with Gasteiger partial charge in [0, 0.05) is 16.6 Å². The maximum Gasteiger partial charge on any atom is 0.0889 e. The first-order valence-electron chi connectivity index (χ1n) is 6.21. The van der Waals surface area contributed by atoms with Crippen molar-refractivity contribution in [2.45, 2.75) is 18.9 Å². The van der Waals surface area contributed by atoms with Crippen LogP contribution in [0, 0.1) is 0 Å². The molecule has 0 saturated carbocycles. The summed E-state index contributed by atoms with van der Waals surface area (Å²) in [6, 6.07) is 8.67. The first-order chi connectivity index (χ1) is 8.84. The van der Waals surface area contributed by atoms with Crippen LogP contribution in [0.5, 0.6) is 0 Å². The minimum absolute atomic E-state index is 0.412. The van der Waals surface area contributed by atoms with Gasteiger partial charge in [0.1, 0.15) is 0 Å². The zero-order valence-electron chi connectivity index (χ0n) is 10.0. The van der Waals surface area contributed by atoms with Gasteiger partial charge in [-0.1, -0.05) is 33.3 Å². The lowest BCUT2D eigenvalue weighted by molar-refractivity contribution is 0.344. The van der Waals surface area contributed by atoms with E-state index in [2.05, 4.69) is 43.7 Å². The summed E-state index contributed by atoms with van der Waals surface area (Å²) < 4.78 is 3.13. The second-order valence-electron chi connectivity index (χ2n) is 4.57. The van der Waals surface area contributed by atoms with Crippen LogP contribution >= 0.6 is 15.9 Å². The van der Waals surface area contributed by atoms with Gasteiger partial charge in [-0.05, 0) is 31.5 Å². The lowest BCUT2D eigenvalue weighted by Gasteiger charge is -2.24. The summed E-state index contributed by atoms with van der Waals surface area (Å²) in [6.07, 6.45) is 4.20. The van der Waals surface area contributed by atoms with E-state index in [1.54, 1.807) is 0 Å². The standard InChI is InChI=1S/C13H15BrN4/c14-11-4-1-3-10(7-11)13-9-16-17-18(13)12-5-2-6-15-8-12/h1,3-4,7,9,12,15H,2,5-6,8H2. The van der Waals surface area contributed by atoms with Crippen molar-refractivity contribution in [3.05, 3.63) is 34.9 Å². The molecular formula is C13H15BrN4. The average Bonchev–Trinajstić information content (AvgIpc) is 2.89. The van der Waals surface area contributed by atoms with E-state index < -0.39 is 0 Å². The predicted molar refractivity (Wildman–Crippen MR) is 74.3 cm³/mol. The molecule has 0 amide bonds. The van der Waals surface area contributed by atoms with Crippen molar-refractivity contribution in [3.8, 4) is 11.3 Å². The number of rotatable bonds is 2. The van der Waals surface area contributed by atoms with Gasteiger partial charge in [0.15, 0.2) is 0 Å². The van der Waals surface area contributed by atoms with Crippen molar-refractivity contribution >= 4 is 15.9 Å². The van der Waals surface area contributed by atoms with Crippen molar-refractivity contribution in [2.75, 3.05) is 13.1 Å². The van der Waals surface area contributed by atoms with Crippen LogP contribution in [0.1, 0.15) is 18.9 Å². The Labute approximate surface area is 115 Å². The van der Waals surface area contributed by atoms with Gasteiger partial charge in [-0.2, -0.15) is 0 Å². The summed E-state index contributed by atoms with van der Waals surface area (Å²) in [4.78, 5) is 0. The third-order valence-corrected chi connectivity index (χ3v) is 3.81. The van der Waals surface area contributed by atoms with Crippen molar-refractivity contribution in [3.63, 3.8) is 0 Å². The number of halogens is 1. The minimum atomic E-state index is 0.412. The molecule has 1 aliphatic rings. The number of hydrogen-bond donors (Lipinski definition) is 1. The highest BCUT2D eigenvalue weighted by atomic mass is 79.9. The molecule has 1 aromatic heterocycles. The van der Waals surface area contributed by atoms with Crippen LogP contribution in [-0.4, -0.2) is 28.1 Å². The number of aromatic nitrogens is 3. The molecule has 3 rings (SSSR count). The number of benzene rings is 1. The molecule has 0 bridgehead atoms. The van der Waals surface area contributed by atoms with Gasteiger partial charge in [-0.15, -0.1) is 5.10 Å². The fourth-order valence-electron chi connectivity index (χ4n) is 2.41. The fraction of sp³-hybridized carbons (Fsp3) is 0.385. The minimum Gasteiger partial charge on any atom is -0.315 e. The van der Waals surface area contributed by atoms with Gasteiger partial charge in [-0.25, -0.2) is 4.68 Å². The van der Waals surface area contributed by atoms with Gasteiger partial charge in [-0.3, -0.25) is 0 Å². The molecule has 0 aliphatic carbocycles. The van der Waals surface area contributed by atoms with Crippen LogP contribution < -0.4 is 5.32 Å². The molecule has 1 fully saturated rings. The van der Waals surface area contributed by atoms with E-state index in [0.717, 1.165) is 35.2 Å². The maximum absolute atomic E-state index is 4.26. The first-order valence-corrected chi connectivity index (χ1v) is 7.01. The highest BCUT2D eigenvalue weighted by Gasteiger charge is 2.19. The van der Waals surface area contributed by atoms with E-state index in [1.165, 1.54) is 6.42 Å². The first kappa shape index (κ1) is 11.9. The second-order valence-corrected chi connectivity index (χ2v) is 5.49. The smallest absolute Gasteiger partial charge is 0.0889 e. The van der Waals surface area contributed by atoms with Crippen LogP contribution in [0.3, 0.4) is 0 Å². The lowest BCUT2D eigenvalue weighted by Crippen LogP contribution is -2.32. The van der Waals surface area contributed by atoms with Crippen LogP contribution in [0.4, 0.5) is 0 Å². The van der Waals surface area contributed by atoms with E-state index in [-0.39, 0.29) is 0 Å². The third-order valence-electron chi connectivity index (χ3n) is 3.31. The van der Waals surface area contributed by atoms with Crippen LogP contribution in [-0.2, 0) is 0 Å². The van der Waals surface area contributed by atoms with Gasteiger partial charge in [0.05, 0.1) is 17.9 Å². The topological polar surface area (TPSA) is 42.7 Å². The Morgan fingerprint density at radius 3 is 3.11 bits per heavy atom. The predicted octanol–water partition coefficient (Wildman–Crippen LogP) is 2.63. The largest absolute Gasteiger partial charge is 0.315 e. The zero-order chi connectivity index (χ0) is 12.4. The van der Waals surface area contributed by atoms with E-state index in [9.17, 15) is 0 Å². The Morgan fingerprint density at radius 1 is 1.39 bits per heavy atom. The number of nitrogens with one attached hydrogen (secondary N) is 1. The molecule has 1 aromatic carbocycles. The summed E-state index contributed by atoms with van der Waals surface area (Å²) >= 11 is 3.51. The zero-order valence-corrected chi connectivity index (χ0v) is 11.6. The third kappa shape index (κ3) is 2.33. The molecule has 2 aromatic rings. The molecule has 5 heteroatoms. The normalized spacial score (nSPS) is 19.9. The quantitative estimate of drug-likeness (QED) is 0.927. The fourth-order valence-corrected chi connectivity index (χ4v) is 2.81. The highest BCUT2D eigenvalue weighted by molar-refractivity contribution is 9.10. The molecule has 1 atom stereocenters. The van der Waals surface area contributed by atoms with Crippen molar-refractivity contribution < 1.29 is 0 Å². The Morgan fingerprint density at radius 2 is 2.33 bits per heavy atom. The van der Waals surface area contributed by atoms with Gasteiger partial charge in [0.25, 0.3) is 0 Å². The Balaban J connectivity index is 1.95. The SMILES string of the molecule is Brc1cccc(-c2cnnn2C2CCCNC2)c1. The van der Waals surface area contributed by atoms with Crippen LogP contribution in [0.2, 0.25) is 0 Å². The van der Waals surface area contributed by atoms with Crippen LogP contribution in [0.25, 0.3) is 11.3 Å². The molecule has 1 unspecified atom stereocenters. The summed E-state index contributed by atoms with van der Waals surface area (Å²) in [5.41, 5.74) is 2.24. The van der Waals surface area contributed by atoms with E-state index in [4.69, 9.17) is 0 Å². The summed E-state index contributed by atoms with van der Waals surface area (Å²) in [6.45, 7) is 2.09. The van der Waals surface area contributed by atoms with Gasteiger partial charge >= 0.3 is 0 Å². The molecule has 0 spiro atoms. The van der Waals surface area contributed by atoms with Gasteiger partial charge in [0.2, 0.25) is 0 Å². The molecule has 1 saturated heterocycles. The van der Waals surface area contributed by atoms with Gasteiger partial charge < -0.3 is 5.32 Å². The second kappa shape index (κ2) is 5.20. The molecule has 1 N–H and O–H groups in total. The maximum atomic E-state index is 4.26. The average molecular weight is 307 g/mol. The molecule has 0 radical (unpaired) electrons. The summed E-state index contributed by atoms with van der Waals surface area (Å²) in [5.74, 6) is 0. The number of nitrogens with zero attached hydrogens (tertiary/aromatic N) is 3. The van der Waals surface area contributed by atoms with E-state index >= 15 is 0 Å². The summed E-state index contributed by atoms with van der Waals surface area (Å²) in [7, 11) is 0. The molecule has 94 valence electrons. The van der Waals surface area contributed by atoms with Crippen molar-refractivity contribution in [1.29, 1.82) is 0 Å². The Hall–Kier alpha value is -1.20. The molecular weight excluding hydrogens is 292 g/mol. The highest BCUT2D eigenvalue weighted by Crippen LogP contribution is 2.26. The molecule has 2 heterocycles. The summed E-state index contributed by atoms with van der Waals surface area (Å²) in [5, 5.41) is 11.7. The monoisotopic (exact) mass is 306 g/mol. The number of hydrogen-bond acceptors (Lipinski definition) is 3. The van der Waals surface area contributed by atoms with E-state index in [1.807, 2.05) is 23.0 Å². The van der Waals surface area contributed by atoms with Crippen molar-refractivity contribution in [1.82, 2.24) is 20.3 Å². The lowest BCUT2D eigenvalue weighted by atomic mass is 10.1. The van der Waals surface area contributed by atoms with Crippen LogP contribution in [0.15, 0.2) is 34.9 Å². The van der Waals surface area contributed by atoms with Crippen molar-refractivity contribution in [2.24, 2.45) is 0 Å². The molecule has 1 aliphatic heterocycles.